The van der Waals surface area contributed by atoms with Gasteiger partial charge in [0.1, 0.15) is 0 Å². The Morgan fingerprint density at radius 3 is 2.47 bits per heavy atom. The molecule has 2 aromatic rings. The SMILES string of the molecule is CSc1cccc(C)c1N=Cc1cccc(C)c1[O-]. The highest BCUT2D eigenvalue weighted by Crippen LogP contribution is 2.31. The third kappa shape index (κ3) is 2.99. The van der Waals surface area contributed by atoms with Gasteiger partial charge in [0, 0.05) is 11.1 Å². The van der Waals surface area contributed by atoms with Crippen molar-refractivity contribution in [3.8, 4) is 5.75 Å². The van der Waals surface area contributed by atoms with E-state index < -0.39 is 0 Å². The molecule has 0 saturated heterocycles. The van der Waals surface area contributed by atoms with Crippen LogP contribution in [-0.2, 0) is 0 Å². The van der Waals surface area contributed by atoms with E-state index in [1.807, 2.05) is 50.4 Å². The van der Waals surface area contributed by atoms with Crippen LogP contribution < -0.4 is 5.11 Å². The van der Waals surface area contributed by atoms with Crippen molar-refractivity contribution in [2.75, 3.05) is 6.26 Å². The molecule has 0 amide bonds. The first-order valence-corrected chi connectivity index (χ1v) is 7.30. The molecule has 98 valence electrons. The molecule has 0 N–H and O–H groups in total. The Morgan fingerprint density at radius 1 is 1.05 bits per heavy atom. The van der Waals surface area contributed by atoms with Gasteiger partial charge in [-0.15, -0.1) is 11.8 Å². The van der Waals surface area contributed by atoms with Crippen LogP contribution in [0.1, 0.15) is 16.7 Å². The predicted octanol–water partition coefficient (Wildman–Crippen LogP) is 3.85. The summed E-state index contributed by atoms with van der Waals surface area (Å²) in [5.74, 6) is 0.0468. The minimum atomic E-state index is 0.0468. The molecule has 0 saturated carbocycles. The largest absolute Gasteiger partial charge is 0.872 e. The van der Waals surface area contributed by atoms with E-state index >= 15 is 0 Å². The number of nitrogens with zero attached hydrogens (tertiary/aromatic N) is 1. The van der Waals surface area contributed by atoms with Gasteiger partial charge < -0.3 is 5.11 Å². The average molecular weight is 270 g/mol. The molecule has 0 aliphatic rings. The highest BCUT2D eigenvalue weighted by Gasteiger charge is 2.02. The molecule has 2 nitrogen and oxygen atoms in total. The second-order valence-electron chi connectivity index (χ2n) is 4.38. The number of rotatable bonds is 3. The van der Waals surface area contributed by atoms with Gasteiger partial charge in [-0.25, -0.2) is 0 Å². The Kier molecular flexibility index (Phi) is 4.27. The molecule has 0 spiro atoms. The summed E-state index contributed by atoms with van der Waals surface area (Å²) in [6, 6.07) is 11.6. The van der Waals surface area contributed by atoms with Gasteiger partial charge in [0.2, 0.25) is 0 Å². The van der Waals surface area contributed by atoms with Crippen LogP contribution >= 0.6 is 11.8 Å². The van der Waals surface area contributed by atoms with Crippen molar-refractivity contribution in [3.05, 3.63) is 53.1 Å². The summed E-state index contributed by atoms with van der Waals surface area (Å²) in [5, 5.41) is 11.9. The molecule has 0 aliphatic heterocycles. The van der Waals surface area contributed by atoms with Gasteiger partial charge in [-0.3, -0.25) is 4.99 Å². The Hall–Kier alpha value is -1.74. The van der Waals surface area contributed by atoms with Gasteiger partial charge in [-0.1, -0.05) is 41.6 Å². The Balaban J connectivity index is 2.41. The zero-order valence-corrected chi connectivity index (χ0v) is 12.1. The summed E-state index contributed by atoms with van der Waals surface area (Å²) in [4.78, 5) is 5.62. The maximum Gasteiger partial charge on any atom is 0.0794 e. The van der Waals surface area contributed by atoms with Crippen LogP contribution in [0, 0.1) is 13.8 Å². The number of thioether (sulfide) groups is 1. The Bertz CT molecular complexity index is 620. The van der Waals surface area contributed by atoms with Crippen LogP contribution in [0.4, 0.5) is 5.69 Å². The molecular weight excluding hydrogens is 254 g/mol. The first-order chi connectivity index (χ1) is 9.13. The van der Waals surface area contributed by atoms with Gasteiger partial charge in [-0.2, -0.15) is 0 Å². The third-order valence-corrected chi connectivity index (χ3v) is 3.76. The predicted molar refractivity (Wildman–Crippen MR) is 80.8 cm³/mol. The van der Waals surface area contributed by atoms with Crippen molar-refractivity contribution >= 4 is 23.7 Å². The molecule has 0 heterocycles. The van der Waals surface area contributed by atoms with Crippen LogP contribution in [0.3, 0.4) is 0 Å². The summed E-state index contributed by atoms with van der Waals surface area (Å²) in [7, 11) is 0. The third-order valence-electron chi connectivity index (χ3n) is 3.00. The van der Waals surface area contributed by atoms with Crippen LogP contribution in [0.2, 0.25) is 0 Å². The van der Waals surface area contributed by atoms with E-state index in [4.69, 9.17) is 0 Å². The number of para-hydroxylation sites is 2. The van der Waals surface area contributed by atoms with E-state index in [1.54, 1.807) is 24.0 Å². The molecule has 0 aromatic heterocycles. The fourth-order valence-corrected chi connectivity index (χ4v) is 2.49. The minimum Gasteiger partial charge on any atom is -0.872 e. The molecule has 0 unspecified atom stereocenters. The molecule has 2 aromatic carbocycles. The van der Waals surface area contributed by atoms with Gasteiger partial charge in [-0.05, 0) is 37.3 Å². The summed E-state index contributed by atoms with van der Waals surface area (Å²) in [6.45, 7) is 3.85. The summed E-state index contributed by atoms with van der Waals surface area (Å²) in [6.07, 6.45) is 3.69. The first kappa shape index (κ1) is 13.7. The van der Waals surface area contributed by atoms with Crippen molar-refractivity contribution in [1.29, 1.82) is 0 Å². The van der Waals surface area contributed by atoms with Crippen molar-refractivity contribution in [2.24, 2.45) is 4.99 Å². The van der Waals surface area contributed by atoms with Gasteiger partial charge >= 0.3 is 0 Å². The zero-order valence-electron chi connectivity index (χ0n) is 11.3. The van der Waals surface area contributed by atoms with Crippen molar-refractivity contribution < 1.29 is 5.11 Å². The molecule has 0 fully saturated rings. The number of benzene rings is 2. The lowest BCUT2D eigenvalue weighted by molar-refractivity contribution is -0.269. The van der Waals surface area contributed by atoms with Gasteiger partial charge in [0.15, 0.2) is 0 Å². The molecular formula is C16H16NOS-. The molecule has 2 rings (SSSR count). The molecule has 0 bridgehead atoms. The molecule has 0 radical (unpaired) electrons. The quantitative estimate of drug-likeness (QED) is 0.627. The van der Waals surface area contributed by atoms with Crippen LogP contribution in [0.15, 0.2) is 46.3 Å². The second-order valence-corrected chi connectivity index (χ2v) is 5.23. The lowest BCUT2D eigenvalue weighted by atomic mass is 10.1. The van der Waals surface area contributed by atoms with E-state index in [-0.39, 0.29) is 5.75 Å². The zero-order chi connectivity index (χ0) is 13.8. The molecule has 0 atom stereocenters. The fraction of sp³-hybridized carbons (Fsp3) is 0.188. The number of hydrogen-bond acceptors (Lipinski definition) is 3. The Labute approximate surface area is 118 Å². The summed E-state index contributed by atoms with van der Waals surface area (Å²) < 4.78 is 0. The monoisotopic (exact) mass is 270 g/mol. The van der Waals surface area contributed by atoms with E-state index in [0.717, 1.165) is 21.7 Å². The Morgan fingerprint density at radius 2 is 1.74 bits per heavy atom. The van der Waals surface area contributed by atoms with E-state index in [9.17, 15) is 5.11 Å². The highest BCUT2D eigenvalue weighted by atomic mass is 32.2. The average Bonchev–Trinajstić information content (AvgIpc) is 2.41. The topological polar surface area (TPSA) is 35.4 Å². The maximum absolute atomic E-state index is 11.9. The normalized spacial score (nSPS) is 11.1. The van der Waals surface area contributed by atoms with Crippen molar-refractivity contribution in [2.45, 2.75) is 18.7 Å². The van der Waals surface area contributed by atoms with Crippen molar-refractivity contribution in [1.82, 2.24) is 0 Å². The molecule has 19 heavy (non-hydrogen) atoms. The van der Waals surface area contributed by atoms with E-state index in [0.29, 0.717) is 5.56 Å². The lowest BCUT2D eigenvalue weighted by Gasteiger charge is -2.13. The molecule has 0 aliphatic carbocycles. The summed E-state index contributed by atoms with van der Waals surface area (Å²) >= 11 is 1.66. The number of hydrogen-bond donors (Lipinski definition) is 0. The first-order valence-electron chi connectivity index (χ1n) is 6.08. The minimum absolute atomic E-state index is 0.0468. The van der Waals surface area contributed by atoms with E-state index in [2.05, 4.69) is 4.99 Å². The lowest BCUT2D eigenvalue weighted by Crippen LogP contribution is -1.98. The summed E-state index contributed by atoms with van der Waals surface area (Å²) in [5.41, 5.74) is 3.44. The van der Waals surface area contributed by atoms with Crippen LogP contribution in [-0.4, -0.2) is 12.5 Å². The fourth-order valence-electron chi connectivity index (χ4n) is 1.87. The van der Waals surface area contributed by atoms with Crippen LogP contribution in [0.25, 0.3) is 0 Å². The van der Waals surface area contributed by atoms with Crippen molar-refractivity contribution in [3.63, 3.8) is 0 Å². The second kappa shape index (κ2) is 5.93. The van der Waals surface area contributed by atoms with E-state index in [1.165, 1.54) is 0 Å². The smallest absolute Gasteiger partial charge is 0.0794 e. The number of aliphatic imine (C=N–C) groups is 1. The van der Waals surface area contributed by atoms with Gasteiger partial charge in [0.05, 0.1) is 5.69 Å². The molecule has 3 heteroatoms. The number of aryl methyl sites for hydroxylation is 2. The van der Waals surface area contributed by atoms with Crippen LogP contribution in [0.5, 0.6) is 5.75 Å². The standard InChI is InChI=1S/C16H17NOS/c1-11-6-5-9-14(19-3)15(11)17-10-13-8-4-7-12(2)16(13)18/h4-10,18H,1-3H3/p-1. The highest BCUT2D eigenvalue weighted by molar-refractivity contribution is 7.98. The maximum atomic E-state index is 11.9. The van der Waals surface area contributed by atoms with Gasteiger partial charge in [0.25, 0.3) is 0 Å².